The molecule has 0 spiro atoms. The number of fused-ring (bicyclic) bond motifs is 3. The van der Waals surface area contributed by atoms with E-state index >= 15 is 0 Å². The van der Waals surface area contributed by atoms with Crippen LogP contribution in [-0.4, -0.2) is 19.1 Å². The molecule has 0 atom stereocenters. The van der Waals surface area contributed by atoms with Crippen molar-refractivity contribution < 1.29 is 0 Å². The normalized spacial score (nSPS) is 21.4. The minimum Gasteiger partial charge on any atom is -0.336 e. The van der Waals surface area contributed by atoms with E-state index in [0.29, 0.717) is 24.9 Å². The van der Waals surface area contributed by atoms with Gasteiger partial charge in [-0.2, -0.15) is 5.26 Å². The van der Waals surface area contributed by atoms with Crippen molar-refractivity contribution in [3.05, 3.63) is 24.3 Å². The van der Waals surface area contributed by atoms with Gasteiger partial charge in [0.2, 0.25) is 0 Å². The Hall–Kier alpha value is -2.39. The number of nitrogens with zero attached hydrogens (tertiary/aromatic N) is 5. The molecule has 0 unspecified atom stereocenters. The summed E-state index contributed by atoms with van der Waals surface area (Å²) in [6.45, 7) is 0.432. The van der Waals surface area contributed by atoms with Crippen molar-refractivity contribution in [3.8, 4) is 6.07 Å². The fraction of sp³-hybridized carbons (Fsp3) is 0.500. The molecule has 0 aliphatic heterocycles. The minimum atomic E-state index is 0.411. The molecule has 1 aliphatic carbocycles. The quantitative estimate of drug-likeness (QED) is 0.803. The number of rotatable bonds is 3. The lowest BCUT2D eigenvalue weighted by Gasteiger charge is -2.29. The molecule has 0 saturated heterocycles. The molecule has 2 N–H and O–H groups in total. The Morgan fingerprint density at radius 2 is 2.12 bits per heavy atom. The van der Waals surface area contributed by atoms with Crippen LogP contribution in [0.5, 0.6) is 0 Å². The fourth-order valence-electron chi connectivity index (χ4n) is 4.12. The molecule has 1 fully saturated rings. The van der Waals surface area contributed by atoms with Crippen LogP contribution < -0.4 is 5.73 Å². The first-order chi connectivity index (χ1) is 11.7. The van der Waals surface area contributed by atoms with Gasteiger partial charge in [0.1, 0.15) is 17.0 Å². The highest BCUT2D eigenvalue weighted by molar-refractivity contribution is 6.01. The van der Waals surface area contributed by atoms with Gasteiger partial charge < -0.3 is 14.9 Å². The smallest absolute Gasteiger partial charge is 0.141 e. The Morgan fingerprint density at radius 3 is 2.83 bits per heavy atom. The predicted molar refractivity (Wildman–Crippen MR) is 93.1 cm³/mol. The van der Waals surface area contributed by atoms with Gasteiger partial charge >= 0.3 is 0 Å². The first kappa shape index (κ1) is 15.2. The first-order valence-corrected chi connectivity index (χ1v) is 8.60. The van der Waals surface area contributed by atoms with E-state index < -0.39 is 0 Å². The third-order valence-electron chi connectivity index (χ3n) is 5.36. The van der Waals surface area contributed by atoms with Gasteiger partial charge in [-0.25, -0.2) is 9.97 Å². The third-order valence-corrected chi connectivity index (χ3v) is 5.36. The standard InChI is InChI=1S/C18H22N6/c1-23-9-7-14-17-15(11-21-18(14)23)22-16(10-20)24(17)13-4-2-12(3-5-13)6-8-19/h7,9,11-13H,2-6,10,20H2,1H3/t12-,13-. The summed E-state index contributed by atoms with van der Waals surface area (Å²) in [5.74, 6) is 1.48. The predicted octanol–water partition coefficient (Wildman–Crippen LogP) is 3.03. The topological polar surface area (TPSA) is 85.5 Å². The van der Waals surface area contributed by atoms with Crippen LogP contribution in [0.25, 0.3) is 22.1 Å². The van der Waals surface area contributed by atoms with Crippen molar-refractivity contribution in [2.45, 2.75) is 44.7 Å². The molecule has 6 heteroatoms. The van der Waals surface area contributed by atoms with E-state index in [0.717, 1.165) is 53.6 Å². The van der Waals surface area contributed by atoms with Gasteiger partial charge in [0.25, 0.3) is 0 Å². The molecule has 24 heavy (non-hydrogen) atoms. The SMILES string of the molecule is Cn1ccc2c1ncc1nc(CN)n([C@H]3CC[C@H](CC#N)CC3)c12. The van der Waals surface area contributed by atoms with Crippen molar-refractivity contribution in [1.29, 1.82) is 5.26 Å². The first-order valence-electron chi connectivity index (χ1n) is 8.60. The number of pyridine rings is 1. The van der Waals surface area contributed by atoms with E-state index in [1.165, 1.54) is 0 Å². The molecule has 0 radical (unpaired) electrons. The van der Waals surface area contributed by atoms with Gasteiger partial charge in [-0.1, -0.05) is 0 Å². The van der Waals surface area contributed by atoms with Crippen molar-refractivity contribution in [2.24, 2.45) is 18.7 Å². The van der Waals surface area contributed by atoms with E-state index in [-0.39, 0.29) is 0 Å². The van der Waals surface area contributed by atoms with Crippen molar-refractivity contribution in [3.63, 3.8) is 0 Å². The van der Waals surface area contributed by atoms with Crippen LogP contribution in [0.3, 0.4) is 0 Å². The van der Waals surface area contributed by atoms with Gasteiger partial charge in [0.15, 0.2) is 0 Å². The molecular weight excluding hydrogens is 300 g/mol. The zero-order valence-electron chi connectivity index (χ0n) is 13.9. The van der Waals surface area contributed by atoms with E-state index in [4.69, 9.17) is 16.0 Å². The number of aryl methyl sites for hydroxylation is 1. The molecule has 3 heterocycles. The summed E-state index contributed by atoms with van der Waals surface area (Å²) in [4.78, 5) is 9.28. The Bertz CT molecular complexity index is 920. The van der Waals surface area contributed by atoms with Crippen LogP contribution >= 0.6 is 0 Å². The number of imidazole rings is 1. The Morgan fingerprint density at radius 1 is 1.33 bits per heavy atom. The average Bonchev–Trinajstić information content (AvgIpc) is 3.16. The second kappa shape index (κ2) is 5.91. The summed E-state index contributed by atoms with van der Waals surface area (Å²) in [6, 6.07) is 4.84. The number of nitrogens with two attached hydrogens (primary N) is 1. The highest BCUT2D eigenvalue weighted by Crippen LogP contribution is 2.37. The zero-order chi connectivity index (χ0) is 16.7. The Balaban J connectivity index is 1.82. The van der Waals surface area contributed by atoms with Gasteiger partial charge in [0, 0.05) is 31.1 Å². The summed E-state index contributed by atoms with van der Waals surface area (Å²) in [5.41, 5.74) is 9.05. The zero-order valence-corrected chi connectivity index (χ0v) is 13.9. The van der Waals surface area contributed by atoms with E-state index in [1.807, 2.05) is 24.0 Å². The molecule has 6 nitrogen and oxygen atoms in total. The van der Waals surface area contributed by atoms with Crippen molar-refractivity contribution in [1.82, 2.24) is 19.1 Å². The van der Waals surface area contributed by atoms with Crippen LogP contribution in [0, 0.1) is 17.2 Å². The lowest BCUT2D eigenvalue weighted by molar-refractivity contribution is 0.278. The molecule has 1 aliphatic rings. The summed E-state index contributed by atoms with van der Waals surface area (Å²) >= 11 is 0. The minimum absolute atomic E-state index is 0.411. The lowest BCUT2D eigenvalue weighted by Crippen LogP contribution is -2.21. The second-order valence-electron chi connectivity index (χ2n) is 6.79. The number of aromatic nitrogens is 4. The highest BCUT2D eigenvalue weighted by Gasteiger charge is 2.26. The lowest BCUT2D eigenvalue weighted by atomic mass is 9.84. The molecule has 0 aromatic carbocycles. The molecule has 3 aromatic rings. The molecule has 0 bridgehead atoms. The summed E-state index contributed by atoms with van der Waals surface area (Å²) in [6.07, 6.45) is 8.95. The van der Waals surface area contributed by atoms with Crippen molar-refractivity contribution in [2.75, 3.05) is 0 Å². The van der Waals surface area contributed by atoms with Gasteiger partial charge in [0.05, 0.1) is 24.3 Å². The monoisotopic (exact) mass is 322 g/mol. The molecule has 3 aromatic heterocycles. The van der Waals surface area contributed by atoms with Gasteiger partial charge in [-0.05, 0) is 37.7 Å². The number of nitriles is 1. The van der Waals surface area contributed by atoms with Crippen LogP contribution in [-0.2, 0) is 13.6 Å². The van der Waals surface area contributed by atoms with E-state index in [9.17, 15) is 0 Å². The fourth-order valence-corrected chi connectivity index (χ4v) is 4.12. The van der Waals surface area contributed by atoms with Crippen LogP contribution in [0.4, 0.5) is 0 Å². The maximum atomic E-state index is 8.92. The molecule has 0 amide bonds. The van der Waals surface area contributed by atoms with Gasteiger partial charge in [-0.15, -0.1) is 0 Å². The number of hydrogen-bond donors (Lipinski definition) is 1. The van der Waals surface area contributed by atoms with Gasteiger partial charge in [-0.3, -0.25) is 0 Å². The Kier molecular flexibility index (Phi) is 3.73. The summed E-state index contributed by atoms with van der Waals surface area (Å²) < 4.78 is 4.39. The second-order valence-corrected chi connectivity index (χ2v) is 6.79. The van der Waals surface area contributed by atoms with E-state index in [2.05, 4.69) is 21.7 Å². The van der Waals surface area contributed by atoms with Crippen molar-refractivity contribution >= 4 is 22.1 Å². The number of hydrogen-bond acceptors (Lipinski definition) is 4. The summed E-state index contributed by atoms with van der Waals surface area (Å²) in [5, 5.41) is 10.1. The third kappa shape index (κ3) is 2.28. The highest BCUT2D eigenvalue weighted by atomic mass is 15.1. The molecule has 4 rings (SSSR count). The maximum absolute atomic E-state index is 8.92. The average molecular weight is 322 g/mol. The van der Waals surface area contributed by atoms with E-state index in [1.54, 1.807) is 0 Å². The molecular formula is C18H22N6. The molecule has 124 valence electrons. The van der Waals surface area contributed by atoms with Crippen LogP contribution in [0.15, 0.2) is 18.5 Å². The summed E-state index contributed by atoms with van der Waals surface area (Å²) in [7, 11) is 2.01. The molecule has 1 saturated carbocycles. The largest absolute Gasteiger partial charge is 0.336 e. The maximum Gasteiger partial charge on any atom is 0.141 e. The van der Waals surface area contributed by atoms with Crippen LogP contribution in [0.2, 0.25) is 0 Å². The Labute approximate surface area is 140 Å². The van der Waals surface area contributed by atoms with Crippen LogP contribution in [0.1, 0.15) is 44.0 Å².